The minimum atomic E-state index is -0.966. The SMILES string of the molecule is Cc1cnc(NCC(C)S(C)=O)c([N+](=O)[O-])c1. The highest BCUT2D eigenvalue weighted by molar-refractivity contribution is 7.84. The molecule has 7 heteroatoms. The molecule has 0 aromatic carbocycles. The second-order valence-electron chi connectivity index (χ2n) is 3.83. The molecule has 0 aliphatic rings. The summed E-state index contributed by atoms with van der Waals surface area (Å²) in [5.74, 6) is 0.220. The normalized spacial score (nSPS) is 14.1. The number of aromatic nitrogens is 1. The van der Waals surface area contributed by atoms with Crippen molar-refractivity contribution in [3.05, 3.63) is 27.9 Å². The van der Waals surface area contributed by atoms with Crippen LogP contribution in [-0.4, -0.2) is 32.2 Å². The van der Waals surface area contributed by atoms with E-state index in [2.05, 4.69) is 10.3 Å². The van der Waals surface area contributed by atoms with E-state index in [-0.39, 0.29) is 16.8 Å². The Kier molecular flexibility index (Phi) is 4.56. The molecule has 0 saturated heterocycles. The number of hydrogen-bond acceptors (Lipinski definition) is 5. The van der Waals surface area contributed by atoms with E-state index in [9.17, 15) is 14.3 Å². The lowest BCUT2D eigenvalue weighted by molar-refractivity contribution is -0.384. The maximum Gasteiger partial charge on any atom is 0.311 e. The van der Waals surface area contributed by atoms with Crippen molar-refractivity contribution in [1.29, 1.82) is 0 Å². The Morgan fingerprint density at radius 2 is 2.29 bits per heavy atom. The standard InChI is InChI=1S/C10H15N3O3S/c1-7-4-9(13(14)15)10(11-5-7)12-6-8(2)17(3)16/h4-5,8H,6H2,1-3H3,(H,11,12). The number of nitro groups is 1. The van der Waals surface area contributed by atoms with Crippen LogP contribution >= 0.6 is 0 Å². The van der Waals surface area contributed by atoms with E-state index in [4.69, 9.17) is 0 Å². The fourth-order valence-corrected chi connectivity index (χ4v) is 1.50. The van der Waals surface area contributed by atoms with Crippen molar-refractivity contribution in [3.8, 4) is 0 Å². The van der Waals surface area contributed by atoms with Gasteiger partial charge in [0, 0.05) is 41.1 Å². The number of nitrogens with zero attached hydrogens (tertiary/aromatic N) is 2. The van der Waals surface area contributed by atoms with Gasteiger partial charge >= 0.3 is 5.69 Å². The summed E-state index contributed by atoms with van der Waals surface area (Å²) < 4.78 is 11.2. The Morgan fingerprint density at radius 3 is 2.82 bits per heavy atom. The predicted octanol–water partition coefficient (Wildman–Crippen LogP) is 1.48. The van der Waals surface area contributed by atoms with E-state index in [0.717, 1.165) is 5.56 Å². The van der Waals surface area contributed by atoms with Gasteiger partial charge in [-0.15, -0.1) is 0 Å². The monoisotopic (exact) mass is 257 g/mol. The molecule has 0 bridgehead atoms. The molecule has 0 aliphatic carbocycles. The number of pyridine rings is 1. The van der Waals surface area contributed by atoms with Crippen molar-refractivity contribution in [1.82, 2.24) is 4.98 Å². The van der Waals surface area contributed by atoms with Gasteiger partial charge in [0.15, 0.2) is 0 Å². The van der Waals surface area contributed by atoms with Gasteiger partial charge in [-0.05, 0) is 19.4 Å². The maximum atomic E-state index is 11.2. The zero-order chi connectivity index (χ0) is 13.0. The molecule has 17 heavy (non-hydrogen) atoms. The molecule has 6 nitrogen and oxygen atoms in total. The van der Waals surface area contributed by atoms with Gasteiger partial charge in [0.25, 0.3) is 0 Å². The van der Waals surface area contributed by atoms with Crippen LogP contribution in [0.3, 0.4) is 0 Å². The van der Waals surface area contributed by atoms with Crippen molar-refractivity contribution >= 4 is 22.3 Å². The Balaban J connectivity index is 2.84. The Bertz CT molecular complexity index is 450. The van der Waals surface area contributed by atoms with Crippen LogP contribution in [0.5, 0.6) is 0 Å². The maximum absolute atomic E-state index is 11.2. The first-order valence-corrected chi connectivity index (χ1v) is 6.71. The molecule has 0 amide bonds. The highest BCUT2D eigenvalue weighted by Gasteiger charge is 2.16. The van der Waals surface area contributed by atoms with Gasteiger partial charge in [-0.3, -0.25) is 14.3 Å². The quantitative estimate of drug-likeness (QED) is 0.638. The van der Waals surface area contributed by atoms with E-state index in [1.165, 1.54) is 6.07 Å². The Hall–Kier alpha value is -1.50. The number of nitrogens with one attached hydrogen (secondary N) is 1. The summed E-state index contributed by atoms with van der Waals surface area (Å²) in [5, 5.41) is 13.6. The minimum absolute atomic E-state index is 0.0564. The summed E-state index contributed by atoms with van der Waals surface area (Å²) in [4.78, 5) is 14.3. The molecule has 0 saturated carbocycles. The molecule has 1 rings (SSSR count). The van der Waals surface area contributed by atoms with Crippen molar-refractivity contribution in [2.24, 2.45) is 0 Å². The van der Waals surface area contributed by atoms with Gasteiger partial charge < -0.3 is 5.32 Å². The third kappa shape index (κ3) is 3.77. The molecule has 0 aliphatic heterocycles. The fraction of sp³-hybridized carbons (Fsp3) is 0.500. The van der Waals surface area contributed by atoms with Crippen LogP contribution in [0.25, 0.3) is 0 Å². The van der Waals surface area contributed by atoms with Crippen LogP contribution in [0.1, 0.15) is 12.5 Å². The van der Waals surface area contributed by atoms with Crippen LogP contribution in [0.15, 0.2) is 12.3 Å². The molecule has 1 heterocycles. The second kappa shape index (κ2) is 5.72. The van der Waals surface area contributed by atoms with Crippen molar-refractivity contribution in [2.45, 2.75) is 19.1 Å². The van der Waals surface area contributed by atoms with Crippen molar-refractivity contribution < 1.29 is 9.13 Å². The van der Waals surface area contributed by atoms with Gasteiger partial charge in [-0.2, -0.15) is 0 Å². The molecule has 0 spiro atoms. The van der Waals surface area contributed by atoms with Crippen LogP contribution < -0.4 is 5.32 Å². The minimum Gasteiger partial charge on any atom is -0.363 e. The molecule has 2 unspecified atom stereocenters. The number of anilines is 1. The van der Waals surface area contributed by atoms with Crippen molar-refractivity contribution in [3.63, 3.8) is 0 Å². The number of hydrogen-bond donors (Lipinski definition) is 1. The van der Waals surface area contributed by atoms with E-state index in [1.54, 1.807) is 19.4 Å². The van der Waals surface area contributed by atoms with E-state index >= 15 is 0 Å². The lowest BCUT2D eigenvalue weighted by Crippen LogP contribution is -2.21. The van der Waals surface area contributed by atoms with Crippen LogP contribution in [0.4, 0.5) is 11.5 Å². The molecule has 1 aromatic rings. The first-order chi connectivity index (χ1) is 7.91. The molecule has 2 atom stereocenters. The second-order valence-corrected chi connectivity index (χ2v) is 5.63. The Morgan fingerprint density at radius 1 is 1.65 bits per heavy atom. The molecular weight excluding hydrogens is 242 g/mol. The smallest absolute Gasteiger partial charge is 0.311 e. The third-order valence-electron chi connectivity index (χ3n) is 2.32. The van der Waals surface area contributed by atoms with E-state index in [0.29, 0.717) is 6.54 Å². The average Bonchev–Trinajstić information content (AvgIpc) is 2.26. The predicted molar refractivity (Wildman–Crippen MR) is 67.6 cm³/mol. The van der Waals surface area contributed by atoms with Gasteiger partial charge in [0.1, 0.15) is 0 Å². The number of aryl methyl sites for hydroxylation is 1. The third-order valence-corrected chi connectivity index (χ3v) is 3.62. The first-order valence-electron chi connectivity index (χ1n) is 5.09. The molecule has 1 N–H and O–H groups in total. The summed E-state index contributed by atoms with van der Waals surface area (Å²) in [6, 6.07) is 1.46. The summed E-state index contributed by atoms with van der Waals surface area (Å²) in [5.41, 5.74) is 0.674. The van der Waals surface area contributed by atoms with Gasteiger partial charge in [-0.25, -0.2) is 4.98 Å². The summed E-state index contributed by atoms with van der Waals surface area (Å²) >= 11 is 0. The topological polar surface area (TPSA) is 85.1 Å². The number of rotatable bonds is 5. The van der Waals surface area contributed by atoms with Crippen LogP contribution in [0, 0.1) is 17.0 Å². The van der Waals surface area contributed by atoms with Gasteiger partial charge in [0.05, 0.1) is 4.92 Å². The zero-order valence-corrected chi connectivity index (χ0v) is 10.8. The van der Waals surface area contributed by atoms with Crippen molar-refractivity contribution in [2.75, 3.05) is 18.1 Å². The lowest BCUT2D eigenvalue weighted by atomic mass is 10.3. The van der Waals surface area contributed by atoms with Gasteiger partial charge in [-0.1, -0.05) is 0 Å². The molecule has 0 radical (unpaired) electrons. The van der Waals surface area contributed by atoms with Crippen LogP contribution in [-0.2, 0) is 10.8 Å². The Labute approximate surface area is 102 Å². The van der Waals surface area contributed by atoms with Crippen LogP contribution in [0.2, 0.25) is 0 Å². The van der Waals surface area contributed by atoms with Gasteiger partial charge in [0.2, 0.25) is 5.82 Å². The largest absolute Gasteiger partial charge is 0.363 e. The highest BCUT2D eigenvalue weighted by Crippen LogP contribution is 2.22. The first kappa shape index (κ1) is 13.6. The summed E-state index contributed by atoms with van der Waals surface area (Å²) in [7, 11) is -0.966. The van der Waals surface area contributed by atoms with E-state index in [1.807, 2.05) is 6.92 Å². The van der Waals surface area contributed by atoms with E-state index < -0.39 is 15.7 Å². The molecule has 1 aromatic heterocycles. The molecule has 94 valence electrons. The average molecular weight is 257 g/mol. The molecular formula is C10H15N3O3S. The lowest BCUT2D eigenvalue weighted by Gasteiger charge is -2.10. The zero-order valence-electron chi connectivity index (χ0n) is 9.97. The summed E-state index contributed by atoms with van der Waals surface area (Å²) in [6.45, 7) is 3.94. The molecule has 0 fully saturated rings. The summed E-state index contributed by atoms with van der Waals surface area (Å²) in [6.07, 6.45) is 3.16. The fourth-order valence-electron chi connectivity index (χ4n) is 1.19. The highest BCUT2D eigenvalue weighted by atomic mass is 32.2.